The van der Waals surface area contributed by atoms with Crippen LogP contribution >= 0.6 is 31.9 Å². The van der Waals surface area contributed by atoms with E-state index in [1.165, 1.54) is 0 Å². The number of halogens is 2. The molecule has 2 rings (SSSR count). The van der Waals surface area contributed by atoms with Gasteiger partial charge in [0.25, 0.3) is 5.91 Å². The average molecular weight is 414 g/mol. The molecule has 0 saturated heterocycles. The number of anilines is 2. The Bertz CT molecular complexity index is 634. The van der Waals surface area contributed by atoms with E-state index < -0.39 is 0 Å². The average Bonchev–Trinajstić information content (AvgIpc) is 2.43. The Morgan fingerprint density at radius 1 is 1.24 bits per heavy atom. The van der Waals surface area contributed by atoms with Gasteiger partial charge in [-0.1, -0.05) is 15.9 Å². The molecular formula is C15H14Br2N2O2. The molecule has 1 amide bonds. The second-order valence-electron chi connectivity index (χ2n) is 4.26. The second kappa shape index (κ2) is 6.95. The van der Waals surface area contributed by atoms with Gasteiger partial charge in [0, 0.05) is 14.5 Å². The van der Waals surface area contributed by atoms with Crippen molar-refractivity contribution >= 4 is 49.1 Å². The molecule has 0 atom stereocenters. The summed E-state index contributed by atoms with van der Waals surface area (Å²) in [7, 11) is 0. The second-order valence-corrected chi connectivity index (χ2v) is 6.03. The molecule has 0 spiro atoms. The van der Waals surface area contributed by atoms with Crippen molar-refractivity contribution in [3.63, 3.8) is 0 Å². The van der Waals surface area contributed by atoms with Gasteiger partial charge in [-0.2, -0.15) is 0 Å². The van der Waals surface area contributed by atoms with E-state index in [9.17, 15) is 4.79 Å². The molecular weight excluding hydrogens is 400 g/mol. The molecule has 0 aliphatic heterocycles. The lowest BCUT2D eigenvalue weighted by molar-refractivity contribution is 0.102. The Balaban J connectivity index is 2.18. The lowest BCUT2D eigenvalue weighted by Gasteiger charge is -2.11. The van der Waals surface area contributed by atoms with Crippen LogP contribution in [0.25, 0.3) is 0 Å². The van der Waals surface area contributed by atoms with Gasteiger partial charge in [0.2, 0.25) is 0 Å². The monoisotopic (exact) mass is 412 g/mol. The highest BCUT2D eigenvalue weighted by molar-refractivity contribution is 9.11. The zero-order valence-electron chi connectivity index (χ0n) is 11.3. The Labute approximate surface area is 139 Å². The van der Waals surface area contributed by atoms with Crippen LogP contribution in [-0.2, 0) is 0 Å². The number of carbonyl (C=O) groups excluding carboxylic acids is 1. The predicted octanol–water partition coefficient (Wildman–Crippen LogP) is 4.44. The van der Waals surface area contributed by atoms with Crippen LogP contribution in [-0.4, -0.2) is 12.5 Å². The SMILES string of the molecule is CCOc1ccc(C(=O)Nc2c(N)cc(Br)cc2Br)cc1. The van der Waals surface area contributed by atoms with E-state index in [1.807, 2.05) is 13.0 Å². The highest BCUT2D eigenvalue weighted by Gasteiger charge is 2.12. The van der Waals surface area contributed by atoms with Crippen LogP contribution < -0.4 is 15.8 Å². The number of rotatable bonds is 4. The first-order chi connectivity index (χ1) is 10.0. The highest BCUT2D eigenvalue weighted by atomic mass is 79.9. The molecule has 110 valence electrons. The molecule has 0 saturated carbocycles. The third kappa shape index (κ3) is 3.98. The maximum Gasteiger partial charge on any atom is 0.255 e. The molecule has 0 aliphatic carbocycles. The minimum atomic E-state index is -0.229. The molecule has 0 unspecified atom stereocenters. The molecule has 2 aromatic carbocycles. The van der Waals surface area contributed by atoms with Crippen molar-refractivity contribution in [1.82, 2.24) is 0 Å². The van der Waals surface area contributed by atoms with Crippen LogP contribution in [0.15, 0.2) is 45.3 Å². The van der Waals surface area contributed by atoms with Crippen molar-refractivity contribution in [2.45, 2.75) is 6.92 Å². The van der Waals surface area contributed by atoms with Gasteiger partial charge in [0.05, 0.1) is 18.0 Å². The summed E-state index contributed by atoms with van der Waals surface area (Å²) >= 11 is 6.73. The van der Waals surface area contributed by atoms with E-state index in [-0.39, 0.29) is 5.91 Å². The number of hydrogen-bond donors (Lipinski definition) is 2. The first-order valence-electron chi connectivity index (χ1n) is 6.30. The summed E-state index contributed by atoms with van der Waals surface area (Å²) < 4.78 is 6.90. The van der Waals surface area contributed by atoms with Crippen LogP contribution in [0.5, 0.6) is 5.75 Å². The number of ether oxygens (including phenoxy) is 1. The molecule has 2 aromatic rings. The summed E-state index contributed by atoms with van der Waals surface area (Å²) in [6.45, 7) is 2.50. The lowest BCUT2D eigenvalue weighted by atomic mass is 10.2. The highest BCUT2D eigenvalue weighted by Crippen LogP contribution is 2.32. The minimum absolute atomic E-state index is 0.229. The smallest absolute Gasteiger partial charge is 0.255 e. The summed E-state index contributed by atoms with van der Waals surface area (Å²) in [5.41, 5.74) is 7.49. The zero-order chi connectivity index (χ0) is 15.4. The molecule has 0 fully saturated rings. The van der Waals surface area contributed by atoms with Gasteiger partial charge in [0.1, 0.15) is 5.75 Å². The van der Waals surface area contributed by atoms with Gasteiger partial charge >= 0.3 is 0 Å². The van der Waals surface area contributed by atoms with Crippen LogP contribution in [0, 0.1) is 0 Å². The van der Waals surface area contributed by atoms with E-state index in [2.05, 4.69) is 37.2 Å². The first-order valence-corrected chi connectivity index (χ1v) is 7.88. The van der Waals surface area contributed by atoms with E-state index in [1.54, 1.807) is 30.3 Å². The maximum absolute atomic E-state index is 12.2. The summed E-state index contributed by atoms with van der Waals surface area (Å²) in [5.74, 6) is 0.506. The van der Waals surface area contributed by atoms with E-state index in [0.717, 1.165) is 10.2 Å². The van der Waals surface area contributed by atoms with Gasteiger partial charge in [0.15, 0.2) is 0 Å². The number of nitrogens with two attached hydrogens (primary N) is 1. The third-order valence-electron chi connectivity index (χ3n) is 2.75. The molecule has 0 radical (unpaired) electrons. The Morgan fingerprint density at radius 3 is 2.48 bits per heavy atom. The number of nitrogens with one attached hydrogen (secondary N) is 1. The molecule has 0 heterocycles. The molecule has 6 heteroatoms. The number of carbonyl (C=O) groups is 1. The fourth-order valence-electron chi connectivity index (χ4n) is 1.78. The van der Waals surface area contributed by atoms with Crippen molar-refractivity contribution < 1.29 is 9.53 Å². The Morgan fingerprint density at radius 2 is 1.90 bits per heavy atom. The molecule has 0 aliphatic rings. The maximum atomic E-state index is 12.2. The van der Waals surface area contributed by atoms with Crippen LogP contribution in [0.4, 0.5) is 11.4 Å². The van der Waals surface area contributed by atoms with Gasteiger partial charge in [-0.15, -0.1) is 0 Å². The topological polar surface area (TPSA) is 64.3 Å². The molecule has 3 N–H and O–H groups in total. The van der Waals surface area contributed by atoms with E-state index in [4.69, 9.17) is 10.5 Å². The summed E-state index contributed by atoms with van der Waals surface area (Å²) in [5, 5.41) is 2.80. The first kappa shape index (κ1) is 15.9. The van der Waals surface area contributed by atoms with Crippen LogP contribution in [0.3, 0.4) is 0 Å². The fraction of sp³-hybridized carbons (Fsp3) is 0.133. The van der Waals surface area contributed by atoms with Crippen molar-refractivity contribution in [1.29, 1.82) is 0 Å². The van der Waals surface area contributed by atoms with Crippen LogP contribution in [0.1, 0.15) is 17.3 Å². The molecule has 0 aromatic heterocycles. The third-order valence-corrected chi connectivity index (χ3v) is 3.83. The number of hydrogen-bond acceptors (Lipinski definition) is 3. The normalized spacial score (nSPS) is 10.2. The quantitative estimate of drug-likeness (QED) is 0.728. The summed E-state index contributed by atoms with van der Waals surface area (Å²) in [6, 6.07) is 10.5. The van der Waals surface area contributed by atoms with Crippen molar-refractivity contribution in [2.24, 2.45) is 0 Å². The van der Waals surface area contributed by atoms with Gasteiger partial charge < -0.3 is 15.8 Å². The predicted molar refractivity (Wildman–Crippen MR) is 91.8 cm³/mol. The minimum Gasteiger partial charge on any atom is -0.494 e. The lowest BCUT2D eigenvalue weighted by Crippen LogP contribution is -2.13. The van der Waals surface area contributed by atoms with Crippen molar-refractivity contribution in [2.75, 3.05) is 17.7 Å². The van der Waals surface area contributed by atoms with Gasteiger partial charge in [-0.3, -0.25) is 4.79 Å². The van der Waals surface area contributed by atoms with Crippen LogP contribution in [0.2, 0.25) is 0 Å². The molecule has 21 heavy (non-hydrogen) atoms. The summed E-state index contributed by atoms with van der Waals surface area (Å²) in [4.78, 5) is 12.2. The fourth-order valence-corrected chi connectivity index (χ4v) is 3.14. The number of amides is 1. The molecule has 4 nitrogen and oxygen atoms in total. The van der Waals surface area contributed by atoms with E-state index >= 15 is 0 Å². The van der Waals surface area contributed by atoms with Crippen molar-refractivity contribution in [3.05, 3.63) is 50.9 Å². The van der Waals surface area contributed by atoms with E-state index in [0.29, 0.717) is 28.0 Å². The number of benzene rings is 2. The zero-order valence-corrected chi connectivity index (χ0v) is 14.5. The van der Waals surface area contributed by atoms with Gasteiger partial charge in [-0.05, 0) is 59.3 Å². The van der Waals surface area contributed by atoms with Gasteiger partial charge in [-0.25, -0.2) is 0 Å². The van der Waals surface area contributed by atoms with Crippen molar-refractivity contribution in [3.8, 4) is 5.75 Å². The number of nitrogen functional groups attached to an aromatic ring is 1. The Hall–Kier alpha value is -1.53. The largest absolute Gasteiger partial charge is 0.494 e. The standard InChI is InChI=1S/C15H14Br2N2O2/c1-2-21-11-5-3-9(4-6-11)15(20)19-14-12(17)7-10(16)8-13(14)18/h3-8H,2,18H2,1H3,(H,19,20). The Kier molecular flexibility index (Phi) is 5.25. The summed E-state index contributed by atoms with van der Waals surface area (Å²) in [6.07, 6.45) is 0. The molecule has 0 bridgehead atoms.